The summed E-state index contributed by atoms with van der Waals surface area (Å²) >= 11 is 6.35. The smallest absolute Gasteiger partial charge is 0.255 e. The first kappa shape index (κ1) is 17.5. The first-order chi connectivity index (χ1) is 12.6. The highest BCUT2D eigenvalue weighted by Gasteiger charge is 2.40. The fraction of sp³-hybridized carbons (Fsp3) is 0.474. The van der Waals surface area contributed by atoms with Gasteiger partial charge >= 0.3 is 0 Å². The average molecular weight is 375 g/mol. The molecule has 138 valence electrons. The highest BCUT2D eigenvalue weighted by molar-refractivity contribution is 6.33. The highest BCUT2D eigenvalue weighted by Crippen LogP contribution is 2.31. The Morgan fingerprint density at radius 3 is 2.81 bits per heavy atom. The molecule has 0 radical (unpaired) electrons. The van der Waals surface area contributed by atoms with Crippen molar-refractivity contribution >= 4 is 17.5 Å². The van der Waals surface area contributed by atoms with Gasteiger partial charge in [0.05, 0.1) is 35.0 Å². The summed E-state index contributed by atoms with van der Waals surface area (Å²) in [5.74, 6) is -0.0365. The van der Waals surface area contributed by atoms with Crippen LogP contribution in [-0.4, -0.2) is 70.9 Å². The van der Waals surface area contributed by atoms with E-state index in [-0.39, 0.29) is 11.5 Å². The number of nitrogens with zero attached hydrogens (tertiary/aromatic N) is 4. The van der Waals surface area contributed by atoms with Crippen molar-refractivity contribution in [2.24, 2.45) is 0 Å². The number of amides is 1. The molecule has 1 amide bonds. The highest BCUT2D eigenvalue weighted by atomic mass is 35.5. The Kier molecular flexibility index (Phi) is 4.73. The van der Waals surface area contributed by atoms with Gasteiger partial charge in [0.2, 0.25) is 0 Å². The quantitative estimate of drug-likeness (QED) is 0.810. The van der Waals surface area contributed by atoms with E-state index >= 15 is 0 Å². The van der Waals surface area contributed by atoms with Gasteiger partial charge in [-0.1, -0.05) is 11.6 Å². The minimum atomic E-state index is -0.216. The first-order valence-electron chi connectivity index (χ1n) is 8.98. The maximum atomic E-state index is 13.2. The van der Waals surface area contributed by atoms with Gasteiger partial charge in [-0.25, -0.2) is 4.68 Å². The van der Waals surface area contributed by atoms with E-state index < -0.39 is 0 Å². The summed E-state index contributed by atoms with van der Waals surface area (Å²) in [4.78, 5) is 17.4. The minimum absolute atomic E-state index is 0.0365. The van der Waals surface area contributed by atoms with E-state index in [1.165, 1.54) is 0 Å². The molecular weight excluding hydrogens is 352 g/mol. The van der Waals surface area contributed by atoms with Crippen LogP contribution in [0.4, 0.5) is 0 Å². The van der Waals surface area contributed by atoms with Crippen LogP contribution >= 0.6 is 11.6 Å². The Morgan fingerprint density at radius 2 is 2.08 bits per heavy atom. The van der Waals surface area contributed by atoms with Crippen molar-refractivity contribution in [1.29, 1.82) is 0 Å². The molecule has 7 heteroatoms. The zero-order valence-electron chi connectivity index (χ0n) is 14.9. The zero-order valence-corrected chi connectivity index (χ0v) is 15.7. The molecule has 4 rings (SSSR count). The fourth-order valence-electron chi connectivity index (χ4n) is 3.76. The van der Waals surface area contributed by atoms with Crippen molar-refractivity contribution in [2.75, 3.05) is 39.8 Å². The molecule has 0 atom stereocenters. The SMILES string of the molecule is CN1CCC2(CC1)CN(C(=O)c1cc(-n3cccn3)ccc1Cl)CCO2. The van der Waals surface area contributed by atoms with Crippen molar-refractivity contribution in [3.63, 3.8) is 0 Å². The molecule has 1 spiro atoms. The predicted octanol–water partition coefficient (Wildman–Crippen LogP) is 2.46. The number of morpholine rings is 1. The third-order valence-corrected chi connectivity index (χ3v) is 5.71. The molecule has 2 aliphatic rings. The van der Waals surface area contributed by atoms with Crippen molar-refractivity contribution in [1.82, 2.24) is 19.6 Å². The van der Waals surface area contributed by atoms with Crippen LogP contribution in [0.25, 0.3) is 5.69 Å². The molecule has 2 aliphatic heterocycles. The fourth-order valence-corrected chi connectivity index (χ4v) is 3.96. The van der Waals surface area contributed by atoms with Gasteiger partial charge in [0, 0.05) is 32.0 Å². The number of carbonyl (C=O) groups is 1. The van der Waals surface area contributed by atoms with Gasteiger partial charge < -0.3 is 14.5 Å². The lowest BCUT2D eigenvalue weighted by molar-refractivity contribution is -0.125. The van der Waals surface area contributed by atoms with E-state index in [0.717, 1.165) is 31.6 Å². The molecule has 0 unspecified atom stereocenters. The summed E-state index contributed by atoms with van der Waals surface area (Å²) in [6, 6.07) is 7.29. The van der Waals surface area contributed by atoms with Gasteiger partial charge in [-0.05, 0) is 44.2 Å². The molecule has 0 N–H and O–H groups in total. The molecule has 0 bridgehead atoms. The topological polar surface area (TPSA) is 50.6 Å². The summed E-state index contributed by atoms with van der Waals surface area (Å²) in [5, 5.41) is 4.70. The maximum absolute atomic E-state index is 13.2. The van der Waals surface area contributed by atoms with Crippen LogP contribution in [0.15, 0.2) is 36.7 Å². The Labute approximate surface area is 158 Å². The number of benzene rings is 1. The summed E-state index contributed by atoms with van der Waals surface area (Å²) in [6.45, 7) is 3.79. The molecule has 26 heavy (non-hydrogen) atoms. The first-order valence-corrected chi connectivity index (χ1v) is 9.35. The largest absolute Gasteiger partial charge is 0.371 e. The van der Waals surface area contributed by atoms with Gasteiger partial charge in [-0.2, -0.15) is 5.10 Å². The minimum Gasteiger partial charge on any atom is -0.371 e. The summed E-state index contributed by atoms with van der Waals surface area (Å²) in [6.07, 6.45) is 5.46. The van der Waals surface area contributed by atoms with E-state index in [1.807, 2.05) is 29.3 Å². The summed E-state index contributed by atoms with van der Waals surface area (Å²) < 4.78 is 7.84. The van der Waals surface area contributed by atoms with E-state index in [2.05, 4.69) is 17.0 Å². The Balaban J connectivity index is 1.56. The molecule has 1 aromatic carbocycles. The van der Waals surface area contributed by atoms with Gasteiger partial charge in [0.15, 0.2) is 0 Å². The van der Waals surface area contributed by atoms with Crippen LogP contribution in [0.5, 0.6) is 0 Å². The molecule has 0 aliphatic carbocycles. The molecule has 2 saturated heterocycles. The molecule has 2 fully saturated rings. The molecular formula is C19H23ClN4O2. The number of ether oxygens (including phenoxy) is 1. The number of likely N-dealkylation sites (tertiary alicyclic amines) is 1. The van der Waals surface area contributed by atoms with E-state index in [4.69, 9.17) is 16.3 Å². The number of rotatable bonds is 2. The number of aromatic nitrogens is 2. The number of piperidine rings is 1. The van der Waals surface area contributed by atoms with Crippen molar-refractivity contribution < 1.29 is 9.53 Å². The van der Waals surface area contributed by atoms with Crippen LogP contribution in [0.2, 0.25) is 5.02 Å². The third-order valence-electron chi connectivity index (χ3n) is 5.38. The molecule has 3 heterocycles. The lowest BCUT2D eigenvalue weighted by Crippen LogP contribution is -2.57. The van der Waals surface area contributed by atoms with Crippen LogP contribution in [0.1, 0.15) is 23.2 Å². The number of hydrogen-bond acceptors (Lipinski definition) is 4. The van der Waals surface area contributed by atoms with E-state index in [0.29, 0.717) is 30.3 Å². The van der Waals surface area contributed by atoms with Crippen molar-refractivity contribution in [2.45, 2.75) is 18.4 Å². The lowest BCUT2D eigenvalue weighted by Gasteiger charge is -2.46. The van der Waals surface area contributed by atoms with E-state index in [1.54, 1.807) is 16.9 Å². The van der Waals surface area contributed by atoms with Crippen molar-refractivity contribution in [3.05, 3.63) is 47.2 Å². The number of hydrogen-bond donors (Lipinski definition) is 0. The molecule has 1 aromatic heterocycles. The lowest BCUT2D eigenvalue weighted by atomic mass is 9.89. The Hall–Kier alpha value is -1.89. The second-order valence-corrected chi connectivity index (χ2v) is 7.58. The predicted molar refractivity (Wildman–Crippen MR) is 99.9 cm³/mol. The van der Waals surface area contributed by atoms with Crippen LogP contribution in [0, 0.1) is 0 Å². The molecule has 2 aromatic rings. The van der Waals surface area contributed by atoms with Gasteiger partial charge in [0.25, 0.3) is 5.91 Å². The van der Waals surface area contributed by atoms with Crippen LogP contribution in [0.3, 0.4) is 0 Å². The maximum Gasteiger partial charge on any atom is 0.255 e. The standard InChI is InChI=1S/C19H23ClN4O2/c1-22-9-5-19(6-10-22)14-23(11-12-26-19)18(25)16-13-15(3-4-17(16)20)24-8-2-7-21-24/h2-4,7-8,13H,5-6,9-12,14H2,1H3. The van der Waals surface area contributed by atoms with E-state index in [9.17, 15) is 4.79 Å². The van der Waals surface area contributed by atoms with Gasteiger partial charge in [-0.15, -0.1) is 0 Å². The Bertz CT molecular complexity index is 785. The third kappa shape index (κ3) is 3.37. The monoisotopic (exact) mass is 374 g/mol. The molecule has 0 saturated carbocycles. The molecule has 6 nitrogen and oxygen atoms in total. The second-order valence-electron chi connectivity index (χ2n) is 7.18. The second kappa shape index (κ2) is 7.02. The van der Waals surface area contributed by atoms with Crippen LogP contribution < -0.4 is 0 Å². The van der Waals surface area contributed by atoms with Gasteiger partial charge in [-0.3, -0.25) is 4.79 Å². The normalized spacial score (nSPS) is 20.5. The van der Waals surface area contributed by atoms with Gasteiger partial charge in [0.1, 0.15) is 0 Å². The number of halogens is 1. The zero-order chi connectivity index (χ0) is 18.1. The number of carbonyl (C=O) groups excluding carboxylic acids is 1. The average Bonchev–Trinajstić information content (AvgIpc) is 3.19. The van der Waals surface area contributed by atoms with Crippen molar-refractivity contribution in [3.8, 4) is 5.69 Å². The summed E-state index contributed by atoms with van der Waals surface area (Å²) in [5.41, 5.74) is 1.13. The van der Waals surface area contributed by atoms with Crippen LogP contribution in [-0.2, 0) is 4.74 Å². The summed E-state index contributed by atoms with van der Waals surface area (Å²) in [7, 11) is 2.12. The Morgan fingerprint density at radius 1 is 1.27 bits per heavy atom.